The van der Waals surface area contributed by atoms with Crippen LogP contribution in [-0.4, -0.2) is 57.7 Å². The summed E-state index contributed by atoms with van der Waals surface area (Å²) in [5.41, 5.74) is 6.84. The number of carbonyl (C=O) groups excluding carboxylic acids is 1. The molecule has 2 atom stereocenters. The maximum absolute atomic E-state index is 13.1. The number of rotatable bonds is 12. The average Bonchev–Trinajstić information content (AvgIpc) is 3.51. The van der Waals surface area contributed by atoms with Crippen LogP contribution in [0.25, 0.3) is 39.2 Å². The number of aliphatic hydroxyl groups is 1. The fourth-order valence-electron chi connectivity index (χ4n) is 6.05. The SMILES string of the molecule is COc1nc(-c2cccc(-c3cccc(-c4ccn5c(=O)c(C)c(CNC[C@@H](C)O)nc5c4)c3Cl)c2Cl)ccc1CNC[C@H]1CCC(=O)N1. The monoisotopic (exact) mass is 700 g/mol. The normalized spacial score (nSPS) is 15.1. The molecule has 49 heavy (non-hydrogen) atoms. The Balaban J connectivity index is 1.28. The van der Waals surface area contributed by atoms with Crippen molar-refractivity contribution in [2.75, 3.05) is 20.2 Å². The third-order valence-corrected chi connectivity index (χ3v) is 9.50. The van der Waals surface area contributed by atoms with Crippen LogP contribution in [0.1, 0.15) is 36.6 Å². The number of pyridine rings is 2. The Morgan fingerprint density at radius 1 is 0.980 bits per heavy atom. The number of nitrogens with one attached hydrogen (secondary N) is 3. The maximum atomic E-state index is 13.1. The Labute approximate surface area is 294 Å². The molecule has 2 aromatic carbocycles. The number of ether oxygens (including phenoxy) is 1. The predicted molar refractivity (Wildman–Crippen MR) is 193 cm³/mol. The number of aromatic nitrogens is 3. The number of halogens is 2. The highest BCUT2D eigenvalue weighted by Crippen LogP contribution is 2.42. The number of benzene rings is 2. The summed E-state index contributed by atoms with van der Waals surface area (Å²) in [5, 5.41) is 20.1. The molecular formula is C37H38Cl2N6O4. The molecule has 0 unspecified atom stereocenters. The largest absolute Gasteiger partial charge is 0.481 e. The summed E-state index contributed by atoms with van der Waals surface area (Å²) in [6.07, 6.45) is 2.59. The smallest absolute Gasteiger partial charge is 0.261 e. The van der Waals surface area contributed by atoms with Crippen molar-refractivity contribution < 1.29 is 14.6 Å². The molecule has 12 heteroatoms. The quantitative estimate of drug-likeness (QED) is 0.133. The zero-order valence-corrected chi connectivity index (χ0v) is 29.0. The molecule has 0 saturated carbocycles. The zero-order chi connectivity index (χ0) is 34.7. The van der Waals surface area contributed by atoms with Crippen molar-refractivity contribution in [3.05, 3.63) is 104 Å². The van der Waals surface area contributed by atoms with E-state index in [1.807, 2.05) is 60.7 Å². The Morgan fingerprint density at radius 2 is 1.69 bits per heavy atom. The summed E-state index contributed by atoms with van der Waals surface area (Å²) >= 11 is 14.2. The van der Waals surface area contributed by atoms with Crippen LogP contribution < -0.4 is 26.2 Å². The Morgan fingerprint density at radius 3 is 2.39 bits per heavy atom. The van der Waals surface area contributed by atoms with Crippen LogP contribution in [-0.2, 0) is 17.9 Å². The van der Waals surface area contributed by atoms with Gasteiger partial charge in [0.1, 0.15) is 5.65 Å². The second kappa shape index (κ2) is 15.1. The Kier molecular flexibility index (Phi) is 10.6. The van der Waals surface area contributed by atoms with Gasteiger partial charge >= 0.3 is 0 Å². The van der Waals surface area contributed by atoms with E-state index in [4.69, 9.17) is 37.9 Å². The summed E-state index contributed by atoms with van der Waals surface area (Å²) in [6, 6.07) is 19.2. The van der Waals surface area contributed by atoms with E-state index in [9.17, 15) is 14.7 Å². The van der Waals surface area contributed by atoms with Gasteiger partial charge < -0.3 is 25.8 Å². The number of carbonyl (C=O) groups is 1. The minimum Gasteiger partial charge on any atom is -0.481 e. The van der Waals surface area contributed by atoms with Crippen molar-refractivity contribution in [1.82, 2.24) is 30.3 Å². The first-order valence-corrected chi connectivity index (χ1v) is 16.9. The highest BCUT2D eigenvalue weighted by molar-refractivity contribution is 6.39. The van der Waals surface area contributed by atoms with Gasteiger partial charge in [0.25, 0.3) is 5.56 Å². The number of hydrogen-bond donors (Lipinski definition) is 4. The molecule has 254 valence electrons. The van der Waals surface area contributed by atoms with Crippen molar-refractivity contribution in [3.8, 4) is 39.4 Å². The highest BCUT2D eigenvalue weighted by Gasteiger charge is 2.21. The molecule has 10 nitrogen and oxygen atoms in total. The van der Waals surface area contributed by atoms with Crippen LogP contribution in [0.15, 0.2) is 71.7 Å². The lowest BCUT2D eigenvalue weighted by Gasteiger charge is -2.16. The summed E-state index contributed by atoms with van der Waals surface area (Å²) in [6.45, 7) is 5.41. The first-order valence-electron chi connectivity index (χ1n) is 16.2. The number of methoxy groups -OCH3 is 1. The molecule has 1 aliphatic rings. The summed E-state index contributed by atoms with van der Waals surface area (Å²) < 4.78 is 7.16. The molecule has 0 aliphatic carbocycles. The number of aliphatic hydroxyl groups excluding tert-OH is 1. The van der Waals surface area contributed by atoms with Crippen LogP contribution in [0.5, 0.6) is 5.88 Å². The van der Waals surface area contributed by atoms with Crippen molar-refractivity contribution >= 4 is 34.8 Å². The molecule has 0 bridgehead atoms. The fourth-order valence-corrected chi connectivity index (χ4v) is 6.72. The van der Waals surface area contributed by atoms with E-state index in [-0.39, 0.29) is 17.5 Å². The van der Waals surface area contributed by atoms with Gasteiger partial charge in [-0.2, -0.15) is 0 Å². The van der Waals surface area contributed by atoms with Gasteiger partial charge in [-0.3, -0.25) is 14.0 Å². The van der Waals surface area contributed by atoms with Gasteiger partial charge in [0, 0.05) is 78.2 Å². The van der Waals surface area contributed by atoms with Gasteiger partial charge in [0.2, 0.25) is 11.8 Å². The first kappa shape index (κ1) is 34.5. The molecule has 1 fully saturated rings. The molecule has 4 N–H and O–H groups in total. The van der Waals surface area contributed by atoms with Crippen molar-refractivity contribution in [3.63, 3.8) is 0 Å². The second-order valence-corrected chi connectivity index (χ2v) is 13.0. The van der Waals surface area contributed by atoms with E-state index in [0.29, 0.717) is 71.1 Å². The van der Waals surface area contributed by atoms with Gasteiger partial charge in [0.15, 0.2) is 0 Å². The van der Waals surface area contributed by atoms with Crippen LogP contribution in [0.3, 0.4) is 0 Å². The second-order valence-electron chi connectivity index (χ2n) is 12.2. The van der Waals surface area contributed by atoms with Gasteiger partial charge in [-0.15, -0.1) is 0 Å². The van der Waals surface area contributed by atoms with Crippen LogP contribution >= 0.6 is 23.2 Å². The molecule has 3 aromatic heterocycles. The van der Waals surface area contributed by atoms with Crippen molar-refractivity contribution in [1.29, 1.82) is 0 Å². The first-order chi connectivity index (χ1) is 23.6. The van der Waals surface area contributed by atoms with Crippen LogP contribution in [0.2, 0.25) is 10.0 Å². The number of amides is 1. The van der Waals surface area contributed by atoms with Gasteiger partial charge in [-0.25, -0.2) is 9.97 Å². The van der Waals surface area contributed by atoms with Gasteiger partial charge in [-0.1, -0.05) is 65.7 Å². The average molecular weight is 702 g/mol. The summed E-state index contributed by atoms with van der Waals surface area (Å²) in [4.78, 5) is 34.2. The minimum absolute atomic E-state index is 0.0921. The lowest BCUT2D eigenvalue weighted by Crippen LogP contribution is -2.35. The zero-order valence-electron chi connectivity index (χ0n) is 27.5. The van der Waals surface area contributed by atoms with E-state index in [0.717, 1.165) is 39.8 Å². The van der Waals surface area contributed by atoms with Crippen LogP contribution in [0, 0.1) is 6.92 Å². The molecule has 1 aliphatic heterocycles. The molecule has 5 aromatic rings. The molecule has 0 radical (unpaired) electrons. The number of nitrogens with zero attached hydrogens (tertiary/aromatic N) is 3. The number of hydrogen-bond acceptors (Lipinski definition) is 8. The standard InChI is InChI=1S/C37H38Cl2N6O4/c1-21(46)17-40-20-31-22(2)37(48)45-15-14-23(16-32(45)43-31)26-6-4-7-27(34(26)38)28-8-5-9-29(35(28)39)30-12-10-24(36(44-30)49-3)18-41-19-25-11-13-33(47)42-25/h4-10,12,14-16,21,25,40-41,46H,11,13,17-20H2,1-3H3,(H,42,47)/t21-,25-/m1/s1. The predicted octanol–water partition coefficient (Wildman–Crippen LogP) is 5.55. The van der Waals surface area contributed by atoms with Crippen molar-refractivity contribution in [2.45, 2.75) is 51.9 Å². The summed E-state index contributed by atoms with van der Waals surface area (Å²) in [7, 11) is 1.59. The third kappa shape index (κ3) is 7.49. The molecule has 6 rings (SSSR count). The van der Waals surface area contributed by atoms with E-state index < -0.39 is 6.10 Å². The molecule has 4 heterocycles. The van der Waals surface area contributed by atoms with Gasteiger partial charge in [-0.05, 0) is 44.0 Å². The van der Waals surface area contributed by atoms with Crippen LogP contribution in [0.4, 0.5) is 0 Å². The fraction of sp³-hybridized carbons (Fsp3) is 0.297. The third-order valence-electron chi connectivity index (χ3n) is 8.69. The van der Waals surface area contributed by atoms with Gasteiger partial charge in [0.05, 0.1) is 34.6 Å². The molecule has 0 spiro atoms. The Bertz CT molecular complexity index is 2080. The van der Waals surface area contributed by atoms with E-state index >= 15 is 0 Å². The molecular weight excluding hydrogens is 663 g/mol. The number of fused-ring (bicyclic) bond motifs is 1. The Hall–Kier alpha value is -4.32. The topological polar surface area (TPSA) is 130 Å². The molecule has 1 saturated heterocycles. The van der Waals surface area contributed by atoms with E-state index in [1.54, 1.807) is 27.2 Å². The van der Waals surface area contributed by atoms with E-state index in [1.165, 1.54) is 4.40 Å². The minimum atomic E-state index is -0.510. The highest BCUT2D eigenvalue weighted by atomic mass is 35.5. The lowest BCUT2D eigenvalue weighted by atomic mass is 9.97. The maximum Gasteiger partial charge on any atom is 0.261 e. The summed E-state index contributed by atoms with van der Waals surface area (Å²) in [5.74, 6) is 0.581. The van der Waals surface area contributed by atoms with E-state index in [2.05, 4.69) is 16.0 Å². The van der Waals surface area contributed by atoms with Crippen molar-refractivity contribution in [2.24, 2.45) is 0 Å². The lowest BCUT2D eigenvalue weighted by molar-refractivity contribution is -0.119. The molecule has 1 amide bonds.